The lowest BCUT2D eigenvalue weighted by Crippen LogP contribution is -2.13. The number of nitrogens with one attached hydrogen (secondary N) is 1. The molecule has 0 saturated heterocycles. The Bertz CT molecular complexity index is 790. The quantitative estimate of drug-likeness (QED) is 0.729. The van der Waals surface area contributed by atoms with Gasteiger partial charge in [0.2, 0.25) is 5.76 Å². The fraction of sp³-hybridized carbons (Fsp3) is 0.0588. The van der Waals surface area contributed by atoms with Gasteiger partial charge in [0.15, 0.2) is 5.76 Å². The van der Waals surface area contributed by atoms with E-state index in [0.717, 1.165) is 0 Å². The van der Waals surface area contributed by atoms with Crippen molar-refractivity contribution in [3.05, 3.63) is 78.1 Å². The van der Waals surface area contributed by atoms with Gasteiger partial charge >= 0.3 is 5.97 Å². The summed E-state index contributed by atoms with van der Waals surface area (Å²) in [4.78, 5) is 23.8. The molecule has 6 nitrogen and oxygen atoms in total. The van der Waals surface area contributed by atoms with Gasteiger partial charge in [-0.1, -0.05) is 18.2 Å². The second-order valence-electron chi connectivity index (χ2n) is 4.64. The van der Waals surface area contributed by atoms with E-state index in [1.54, 1.807) is 42.5 Å². The average Bonchev–Trinajstić information content (AvgIpc) is 3.26. The summed E-state index contributed by atoms with van der Waals surface area (Å²) in [5, 5.41) is 2.72. The van der Waals surface area contributed by atoms with Crippen LogP contribution in [-0.2, 0) is 11.3 Å². The Hall–Kier alpha value is -3.28. The highest BCUT2D eigenvalue weighted by Crippen LogP contribution is 2.18. The summed E-state index contributed by atoms with van der Waals surface area (Å²) in [7, 11) is 0. The number of carbonyl (C=O) groups is 2. The third-order valence-electron chi connectivity index (χ3n) is 3.09. The first-order valence-electron chi connectivity index (χ1n) is 6.87. The van der Waals surface area contributed by atoms with Gasteiger partial charge in [-0.2, -0.15) is 0 Å². The number of furan rings is 2. The molecule has 0 aliphatic rings. The van der Waals surface area contributed by atoms with Crippen LogP contribution in [0.15, 0.2) is 69.9 Å². The molecular weight excluding hydrogens is 298 g/mol. The molecule has 0 spiro atoms. The number of rotatable bonds is 5. The molecule has 3 aromatic rings. The number of amides is 1. The molecule has 6 heteroatoms. The van der Waals surface area contributed by atoms with Crippen molar-refractivity contribution in [2.75, 3.05) is 5.32 Å². The molecule has 2 aromatic heterocycles. The van der Waals surface area contributed by atoms with E-state index in [1.807, 2.05) is 0 Å². The van der Waals surface area contributed by atoms with E-state index in [-0.39, 0.29) is 24.0 Å². The smallest absolute Gasteiger partial charge is 0.374 e. The van der Waals surface area contributed by atoms with Crippen LogP contribution in [0, 0.1) is 0 Å². The van der Waals surface area contributed by atoms with E-state index in [1.165, 1.54) is 18.6 Å². The molecule has 0 radical (unpaired) electrons. The van der Waals surface area contributed by atoms with Gasteiger partial charge in [0.1, 0.15) is 6.61 Å². The van der Waals surface area contributed by atoms with Crippen molar-refractivity contribution >= 4 is 17.6 Å². The van der Waals surface area contributed by atoms with Gasteiger partial charge in [0.05, 0.1) is 12.5 Å². The summed E-state index contributed by atoms with van der Waals surface area (Å²) >= 11 is 0. The minimum Gasteiger partial charge on any atom is -0.459 e. The van der Waals surface area contributed by atoms with Gasteiger partial charge in [-0.25, -0.2) is 4.79 Å². The largest absolute Gasteiger partial charge is 0.459 e. The topological polar surface area (TPSA) is 81.7 Å². The highest BCUT2D eigenvalue weighted by molar-refractivity contribution is 6.02. The normalized spacial score (nSPS) is 10.3. The van der Waals surface area contributed by atoms with Crippen molar-refractivity contribution < 1.29 is 23.2 Å². The van der Waals surface area contributed by atoms with Crippen LogP contribution in [0.25, 0.3) is 0 Å². The summed E-state index contributed by atoms with van der Waals surface area (Å²) < 4.78 is 15.2. The summed E-state index contributed by atoms with van der Waals surface area (Å²) in [5.41, 5.74) is 1.20. The van der Waals surface area contributed by atoms with Gasteiger partial charge in [0, 0.05) is 11.3 Å². The molecule has 0 fully saturated rings. The molecule has 3 rings (SSSR count). The molecule has 23 heavy (non-hydrogen) atoms. The highest BCUT2D eigenvalue weighted by atomic mass is 16.5. The number of benzene rings is 1. The van der Waals surface area contributed by atoms with Crippen molar-refractivity contribution in [3.8, 4) is 0 Å². The van der Waals surface area contributed by atoms with Crippen molar-refractivity contribution in [1.82, 2.24) is 0 Å². The van der Waals surface area contributed by atoms with Gasteiger partial charge in [-0.05, 0) is 30.3 Å². The molecule has 0 bridgehead atoms. The third kappa shape index (κ3) is 3.49. The monoisotopic (exact) mass is 311 g/mol. The van der Waals surface area contributed by atoms with E-state index >= 15 is 0 Å². The Balaban J connectivity index is 1.68. The number of carbonyl (C=O) groups excluding carboxylic acids is 2. The van der Waals surface area contributed by atoms with Gasteiger partial charge in [-0.15, -0.1) is 0 Å². The first-order chi connectivity index (χ1) is 11.2. The van der Waals surface area contributed by atoms with Crippen molar-refractivity contribution in [1.29, 1.82) is 0 Å². The average molecular weight is 311 g/mol. The molecule has 1 N–H and O–H groups in total. The fourth-order valence-corrected chi connectivity index (χ4v) is 1.97. The van der Waals surface area contributed by atoms with Gasteiger partial charge < -0.3 is 18.9 Å². The maximum Gasteiger partial charge on any atom is 0.374 e. The highest BCUT2D eigenvalue weighted by Gasteiger charge is 2.14. The predicted molar refractivity (Wildman–Crippen MR) is 80.9 cm³/mol. The van der Waals surface area contributed by atoms with Crippen LogP contribution in [0.3, 0.4) is 0 Å². The number of ether oxygens (including phenoxy) is 1. The Morgan fingerprint density at radius 1 is 0.913 bits per heavy atom. The molecule has 1 amide bonds. The maximum atomic E-state index is 12.0. The Labute approximate surface area is 131 Å². The summed E-state index contributed by atoms with van der Waals surface area (Å²) in [6.45, 7) is 0.00808. The van der Waals surface area contributed by atoms with Crippen LogP contribution >= 0.6 is 0 Å². The van der Waals surface area contributed by atoms with E-state index in [4.69, 9.17) is 13.6 Å². The van der Waals surface area contributed by atoms with Crippen molar-refractivity contribution in [2.24, 2.45) is 0 Å². The first kappa shape index (κ1) is 14.6. The molecule has 0 unspecified atom stereocenters. The predicted octanol–water partition coefficient (Wildman–Crippen LogP) is 3.48. The number of para-hydroxylation sites is 1. The van der Waals surface area contributed by atoms with Gasteiger partial charge in [-0.3, -0.25) is 4.79 Å². The second kappa shape index (κ2) is 6.65. The standard InChI is InChI=1S/C17H13NO5/c19-16(14-7-3-9-21-14)18-13-6-2-1-5-12(13)11-23-17(20)15-8-4-10-22-15/h1-10H,11H2,(H,18,19). The van der Waals surface area contributed by atoms with Crippen LogP contribution in [-0.4, -0.2) is 11.9 Å². The van der Waals surface area contributed by atoms with Crippen molar-refractivity contribution in [2.45, 2.75) is 6.61 Å². The van der Waals surface area contributed by atoms with Crippen molar-refractivity contribution in [3.63, 3.8) is 0 Å². The van der Waals surface area contributed by atoms with E-state index in [0.29, 0.717) is 11.3 Å². The molecule has 0 atom stereocenters. The second-order valence-corrected chi connectivity index (χ2v) is 4.64. The summed E-state index contributed by atoms with van der Waals surface area (Å²) in [6.07, 6.45) is 2.82. The van der Waals surface area contributed by atoms with E-state index in [2.05, 4.69) is 5.32 Å². The fourth-order valence-electron chi connectivity index (χ4n) is 1.97. The molecule has 0 aliphatic carbocycles. The van der Waals surface area contributed by atoms with Crippen LogP contribution in [0.2, 0.25) is 0 Å². The number of hydrogen-bond donors (Lipinski definition) is 1. The molecule has 1 aromatic carbocycles. The lowest BCUT2D eigenvalue weighted by molar-refractivity contribution is 0.0437. The zero-order chi connectivity index (χ0) is 16.1. The lowest BCUT2D eigenvalue weighted by Gasteiger charge is -2.10. The lowest BCUT2D eigenvalue weighted by atomic mass is 10.2. The molecular formula is C17H13NO5. The van der Waals surface area contributed by atoms with Crippen LogP contribution in [0.1, 0.15) is 26.7 Å². The van der Waals surface area contributed by atoms with Crippen LogP contribution in [0.4, 0.5) is 5.69 Å². The zero-order valence-corrected chi connectivity index (χ0v) is 12.0. The first-order valence-corrected chi connectivity index (χ1v) is 6.87. The van der Waals surface area contributed by atoms with Gasteiger partial charge in [0.25, 0.3) is 5.91 Å². The summed E-state index contributed by atoms with van der Waals surface area (Å²) in [5.74, 6) is -0.614. The summed E-state index contributed by atoms with van der Waals surface area (Å²) in [6, 6.07) is 13.4. The Morgan fingerprint density at radius 2 is 1.61 bits per heavy atom. The number of hydrogen-bond acceptors (Lipinski definition) is 5. The number of esters is 1. The Kier molecular flexibility index (Phi) is 4.24. The maximum absolute atomic E-state index is 12.0. The van der Waals surface area contributed by atoms with E-state index in [9.17, 15) is 9.59 Å². The minimum atomic E-state index is -0.567. The third-order valence-corrected chi connectivity index (χ3v) is 3.09. The van der Waals surface area contributed by atoms with Crippen LogP contribution in [0.5, 0.6) is 0 Å². The van der Waals surface area contributed by atoms with E-state index < -0.39 is 5.97 Å². The molecule has 116 valence electrons. The number of anilines is 1. The van der Waals surface area contributed by atoms with Crippen LogP contribution < -0.4 is 5.32 Å². The minimum absolute atomic E-state index is 0.00808. The molecule has 0 aliphatic heterocycles. The molecule has 2 heterocycles. The SMILES string of the molecule is O=C(Nc1ccccc1COC(=O)c1ccco1)c1ccco1. The molecule has 0 saturated carbocycles. The Morgan fingerprint density at radius 3 is 2.30 bits per heavy atom. The zero-order valence-electron chi connectivity index (χ0n) is 12.0.